The van der Waals surface area contributed by atoms with E-state index < -0.39 is 0 Å². The number of benzene rings is 1. The second-order valence-corrected chi connectivity index (χ2v) is 4.78. The second kappa shape index (κ2) is 3.30. The first-order chi connectivity index (χ1) is 6.98. The first kappa shape index (κ1) is 10.1. The molecule has 0 aliphatic carbocycles. The minimum Gasteiger partial charge on any atom is -0.256 e. The van der Waals surface area contributed by atoms with E-state index in [4.69, 9.17) is 0 Å². The Morgan fingerprint density at radius 2 is 1.93 bits per heavy atom. The molecule has 1 aromatic heterocycles. The number of pyridine rings is 1. The largest absolute Gasteiger partial charge is 0.256 e. The Morgan fingerprint density at radius 3 is 2.60 bits per heavy atom. The van der Waals surface area contributed by atoms with Crippen molar-refractivity contribution in [3.8, 4) is 0 Å². The summed E-state index contributed by atoms with van der Waals surface area (Å²) in [4.78, 5) is 4.23. The zero-order valence-corrected chi connectivity index (χ0v) is 9.21. The summed E-state index contributed by atoms with van der Waals surface area (Å²) in [6, 6.07) is 7.09. The van der Waals surface area contributed by atoms with Crippen LogP contribution in [0.25, 0.3) is 10.9 Å². The Labute approximate surface area is 89.0 Å². The molecular formula is C13H14FN. The molecule has 0 aliphatic rings. The highest BCUT2D eigenvalue weighted by atomic mass is 19.1. The van der Waals surface area contributed by atoms with Crippen molar-refractivity contribution in [3.05, 3.63) is 41.8 Å². The average Bonchev–Trinajstić information content (AvgIpc) is 2.15. The van der Waals surface area contributed by atoms with Gasteiger partial charge in [0.25, 0.3) is 0 Å². The van der Waals surface area contributed by atoms with Crippen LogP contribution >= 0.6 is 0 Å². The van der Waals surface area contributed by atoms with Gasteiger partial charge in [-0.1, -0.05) is 26.8 Å². The third kappa shape index (κ3) is 1.84. The van der Waals surface area contributed by atoms with Gasteiger partial charge in [0.15, 0.2) is 0 Å². The van der Waals surface area contributed by atoms with Crippen LogP contribution in [-0.2, 0) is 5.41 Å². The van der Waals surface area contributed by atoms with Crippen LogP contribution in [0.15, 0.2) is 30.5 Å². The lowest BCUT2D eigenvalue weighted by Gasteiger charge is -2.20. The van der Waals surface area contributed by atoms with Gasteiger partial charge in [-0.3, -0.25) is 4.98 Å². The van der Waals surface area contributed by atoms with E-state index in [-0.39, 0.29) is 11.2 Å². The highest BCUT2D eigenvalue weighted by molar-refractivity contribution is 5.79. The molecule has 0 saturated carbocycles. The first-order valence-electron chi connectivity index (χ1n) is 5.03. The van der Waals surface area contributed by atoms with Crippen LogP contribution in [0.4, 0.5) is 4.39 Å². The molecule has 0 N–H and O–H groups in total. The van der Waals surface area contributed by atoms with E-state index in [0.29, 0.717) is 5.56 Å². The molecule has 0 unspecified atom stereocenters. The lowest BCUT2D eigenvalue weighted by atomic mass is 9.86. The Balaban J connectivity index is 2.73. The van der Waals surface area contributed by atoms with Gasteiger partial charge in [0.05, 0.1) is 5.52 Å². The van der Waals surface area contributed by atoms with Crippen LogP contribution in [0.3, 0.4) is 0 Å². The van der Waals surface area contributed by atoms with Gasteiger partial charge in [-0.15, -0.1) is 0 Å². The van der Waals surface area contributed by atoms with Crippen molar-refractivity contribution < 1.29 is 4.39 Å². The first-order valence-corrected chi connectivity index (χ1v) is 5.03. The van der Waals surface area contributed by atoms with E-state index in [1.165, 1.54) is 0 Å². The summed E-state index contributed by atoms with van der Waals surface area (Å²) in [6.07, 6.45) is 1.73. The summed E-state index contributed by atoms with van der Waals surface area (Å²) in [5.41, 5.74) is 1.38. The predicted octanol–water partition coefficient (Wildman–Crippen LogP) is 3.67. The maximum absolute atomic E-state index is 13.8. The summed E-state index contributed by atoms with van der Waals surface area (Å²) < 4.78 is 13.8. The van der Waals surface area contributed by atoms with Crippen molar-refractivity contribution in [3.63, 3.8) is 0 Å². The molecule has 78 valence electrons. The molecule has 0 spiro atoms. The summed E-state index contributed by atoms with van der Waals surface area (Å²) in [5.74, 6) is -0.150. The van der Waals surface area contributed by atoms with Gasteiger partial charge < -0.3 is 0 Å². The minimum absolute atomic E-state index is 0.150. The van der Waals surface area contributed by atoms with Crippen LogP contribution in [0.2, 0.25) is 0 Å². The molecule has 0 amide bonds. The molecule has 0 aliphatic heterocycles. The molecule has 2 aromatic rings. The summed E-state index contributed by atoms with van der Waals surface area (Å²) >= 11 is 0. The minimum atomic E-state index is -0.185. The molecule has 2 rings (SSSR count). The second-order valence-electron chi connectivity index (χ2n) is 4.78. The molecule has 0 radical (unpaired) electrons. The maximum atomic E-state index is 13.8. The van der Waals surface area contributed by atoms with E-state index in [1.54, 1.807) is 12.3 Å². The monoisotopic (exact) mass is 203 g/mol. The van der Waals surface area contributed by atoms with Crippen molar-refractivity contribution in [2.24, 2.45) is 0 Å². The highest BCUT2D eigenvalue weighted by Crippen LogP contribution is 2.28. The van der Waals surface area contributed by atoms with Crippen LogP contribution < -0.4 is 0 Å². The van der Waals surface area contributed by atoms with Gasteiger partial charge in [-0.05, 0) is 29.2 Å². The fourth-order valence-corrected chi connectivity index (χ4v) is 1.67. The molecule has 1 heterocycles. The van der Waals surface area contributed by atoms with E-state index in [1.807, 2.05) is 39.0 Å². The number of hydrogen-bond acceptors (Lipinski definition) is 1. The molecule has 0 saturated heterocycles. The molecule has 15 heavy (non-hydrogen) atoms. The van der Waals surface area contributed by atoms with Crippen molar-refractivity contribution in [2.75, 3.05) is 0 Å². The van der Waals surface area contributed by atoms with Gasteiger partial charge in [-0.2, -0.15) is 0 Å². The quantitative estimate of drug-likeness (QED) is 0.636. The molecule has 0 bridgehead atoms. The number of aromatic nitrogens is 1. The van der Waals surface area contributed by atoms with E-state index in [9.17, 15) is 4.39 Å². The van der Waals surface area contributed by atoms with Crippen molar-refractivity contribution in [2.45, 2.75) is 26.2 Å². The van der Waals surface area contributed by atoms with Gasteiger partial charge in [0.1, 0.15) is 5.82 Å². The van der Waals surface area contributed by atoms with E-state index >= 15 is 0 Å². The average molecular weight is 203 g/mol. The Hall–Kier alpha value is -1.44. The molecule has 1 nitrogen and oxygen atoms in total. The zero-order chi connectivity index (χ0) is 11.1. The Kier molecular flexibility index (Phi) is 2.22. The number of rotatable bonds is 0. The summed E-state index contributed by atoms with van der Waals surface area (Å²) in [5, 5.41) is 0.850. The number of nitrogens with zero attached hydrogens (tertiary/aromatic N) is 1. The molecule has 0 fully saturated rings. The van der Waals surface area contributed by atoms with Crippen molar-refractivity contribution in [1.29, 1.82) is 0 Å². The topological polar surface area (TPSA) is 12.9 Å². The lowest BCUT2D eigenvalue weighted by Crippen LogP contribution is -2.13. The van der Waals surface area contributed by atoms with E-state index in [0.717, 1.165) is 10.9 Å². The third-order valence-corrected chi connectivity index (χ3v) is 2.50. The predicted molar refractivity (Wildman–Crippen MR) is 60.4 cm³/mol. The smallest absolute Gasteiger partial charge is 0.127 e. The molecule has 2 heteroatoms. The maximum Gasteiger partial charge on any atom is 0.127 e. The number of halogens is 1. The lowest BCUT2D eigenvalue weighted by molar-refractivity contribution is 0.524. The van der Waals surface area contributed by atoms with Gasteiger partial charge in [-0.25, -0.2) is 4.39 Å². The zero-order valence-electron chi connectivity index (χ0n) is 9.21. The van der Waals surface area contributed by atoms with Crippen molar-refractivity contribution in [1.82, 2.24) is 4.98 Å². The molecule has 0 atom stereocenters. The SMILES string of the molecule is CC(C)(C)c1cc2ncccc2cc1F. The Morgan fingerprint density at radius 1 is 1.20 bits per heavy atom. The van der Waals surface area contributed by atoms with Crippen LogP contribution in [0.5, 0.6) is 0 Å². The highest BCUT2D eigenvalue weighted by Gasteiger charge is 2.18. The standard InChI is InChI=1S/C13H14FN/c1-13(2,3)10-8-12-9(7-11(10)14)5-4-6-15-12/h4-8H,1-3H3. The van der Waals surface area contributed by atoms with Gasteiger partial charge in [0, 0.05) is 11.6 Å². The summed E-state index contributed by atoms with van der Waals surface area (Å²) in [7, 11) is 0. The van der Waals surface area contributed by atoms with Gasteiger partial charge >= 0.3 is 0 Å². The van der Waals surface area contributed by atoms with Crippen LogP contribution in [0, 0.1) is 5.82 Å². The molecule has 1 aromatic carbocycles. The third-order valence-electron chi connectivity index (χ3n) is 2.50. The summed E-state index contributed by atoms with van der Waals surface area (Å²) in [6.45, 7) is 6.00. The van der Waals surface area contributed by atoms with Gasteiger partial charge in [0.2, 0.25) is 0 Å². The Bertz CT molecular complexity index is 497. The number of hydrogen-bond donors (Lipinski definition) is 0. The fraction of sp³-hybridized carbons (Fsp3) is 0.308. The fourth-order valence-electron chi connectivity index (χ4n) is 1.67. The molecular weight excluding hydrogens is 189 g/mol. The van der Waals surface area contributed by atoms with Crippen LogP contribution in [-0.4, -0.2) is 4.98 Å². The normalized spacial score (nSPS) is 12.0. The van der Waals surface area contributed by atoms with E-state index in [2.05, 4.69) is 4.98 Å². The van der Waals surface area contributed by atoms with Crippen molar-refractivity contribution >= 4 is 10.9 Å². The number of fused-ring (bicyclic) bond motifs is 1. The van der Waals surface area contributed by atoms with Crippen LogP contribution in [0.1, 0.15) is 26.3 Å².